The average Bonchev–Trinajstić information content (AvgIpc) is 2.96. The molecule has 0 aliphatic carbocycles. The Balaban J connectivity index is 1.90. The quantitative estimate of drug-likeness (QED) is 0.809. The number of benzene rings is 2. The maximum absolute atomic E-state index is 12.3. The minimum absolute atomic E-state index is 0.0351. The highest BCUT2D eigenvalue weighted by atomic mass is 32.2. The summed E-state index contributed by atoms with van der Waals surface area (Å²) in [6, 6.07) is 15.2. The fourth-order valence-corrected chi connectivity index (χ4v) is 3.73. The molecule has 0 N–H and O–H groups in total. The number of ether oxygens (including phenoxy) is 1. The van der Waals surface area contributed by atoms with Crippen molar-refractivity contribution in [2.24, 2.45) is 0 Å². The standard InChI is InChI=1S/C18H17NO3S/c1-12-3-5-13(6-4-12)17-19(16(20)11-23-17)15-9-7-14(8-10-15)18(21)22-2/h3-10,17H,11H2,1-2H3. The van der Waals surface area contributed by atoms with E-state index in [1.165, 1.54) is 12.7 Å². The van der Waals surface area contributed by atoms with Gasteiger partial charge >= 0.3 is 5.97 Å². The molecule has 1 amide bonds. The summed E-state index contributed by atoms with van der Waals surface area (Å²) in [5.41, 5.74) is 3.56. The van der Waals surface area contributed by atoms with Crippen LogP contribution in [0.3, 0.4) is 0 Å². The molecule has 0 bridgehead atoms. The number of methoxy groups -OCH3 is 1. The lowest BCUT2D eigenvalue weighted by Crippen LogP contribution is -2.27. The van der Waals surface area contributed by atoms with Crippen LogP contribution in [0.25, 0.3) is 0 Å². The van der Waals surface area contributed by atoms with E-state index in [0.717, 1.165) is 11.3 Å². The molecule has 1 heterocycles. The van der Waals surface area contributed by atoms with Crippen molar-refractivity contribution in [3.8, 4) is 0 Å². The SMILES string of the molecule is COC(=O)c1ccc(N2C(=O)CSC2c2ccc(C)cc2)cc1. The fraction of sp³-hybridized carbons (Fsp3) is 0.222. The highest BCUT2D eigenvalue weighted by Gasteiger charge is 2.33. The second kappa shape index (κ2) is 6.46. The first-order valence-electron chi connectivity index (χ1n) is 7.29. The van der Waals surface area contributed by atoms with Crippen molar-refractivity contribution in [2.75, 3.05) is 17.8 Å². The Bertz CT molecular complexity index is 725. The monoisotopic (exact) mass is 327 g/mol. The molecular weight excluding hydrogens is 310 g/mol. The Labute approximate surface area is 139 Å². The maximum Gasteiger partial charge on any atom is 0.337 e. The van der Waals surface area contributed by atoms with Crippen molar-refractivity contribution in [2.45, 2.75) is 12.3 Å². The molecule has 0 radical (unpaired) electrons. The van der Waals surface area contributed by atoms with E-state index in [9.17, 15) is 9.59 Å². The Morgan fingerprint density at radius 2 is 1.78 bits per heavy atom. The van der Waals surface area contributed by atoms with Gasteiger partial charge in [-0.05, 0) is 36.8 Å². The lowest BCUT2D eigenvalue weighted by Gasteiger charge is -2.24. The van der Waals surface area contributed by atoms with Crippen LogP contribution in [0, 0.1) is 6.92 Å². The molecule has 1 aliphatic heterocycles. The Morgan fingerprint density at radius 1 is 1.13 bits per heavy atom. The van der Waals surface area contributed by atoms with Gasteiger partial charge in [-0.3, -0.25) is 9.69 Å². The number of aryl methyl sites for hydroxylation is 1. The molecule has 118 valence electrons. The molecule has 2 aromatic rings. The third-order valence-electron chi connectivity index (χ3n) is 3.80. The van der Waals surface area contributed by atoms with E-state index in [0.29, 0.717) is 11.3 Å². The third-order valence-corrected chi connectivity index (χ3v) is 5.01. The van der Waals surface area contributed by atoms with Crippen LogP contribution in [0.4, 0.5) is 5.69 Å². The molecule has 0 aromatic heterocycles. The lowest BCUT2D eigenvalue weighted by molar-refractivity contribution is -0.115. The summed E-state index contributed by atoms with van der Waals surface area (Å²) in [7, 11) is 1.35. The van der Waals surface area contributed by atoms with E-state index in [1.807, 2.05) is 6.92 Å². The van der Waals surface area contributed by atoms with Crippen LogP contribution >= 0.6 is 11.8 Å². The van der Waals surface area contributed by atoms with E-state index in [-0.39, 0.29) is 17.3 Å². The number of rotatable bonds is 3. The number of hydrogen-bond acceptors (Lipinski definition) is 4. The van der Waals surface area contributed by atoms with Crippen molar-refractivity contribution in [3.63, 3.8) is 0 Å². The van der Waals surface area contributed by atoms with Crippen LogP contribution in [-0.2, 0) is 9.53 Å². The summed E-state index contributed by atoms with van der Waals surface area (Å²) in [6.07, 6.45) is 0. The molecule has 1 saturated heterocycles. The van der Waals surface area contributed by atoms with Crippen molar-refractivity contribution < 1.29 is 14.3 Å². The van der Waals surface area contributed by atoms with Crippen LogP contribution in [0.15, 0.2) is 48.5 Å². The van der Waals surface area contributed by atoms with Crippen LogP contribution in [0.5, 0.6) is 0 Å². The molecule has 4 nitrogen and oxygen atoms in total. The van der Waals surface area contributed by atoms with Gasteiger partial charge in [0.2, 0.25) is 5.91 Å². The highest BCUT2D eigenvalue weighted by Crippen LogP contribution is 2.41. The van der Waals surface area contributed by atoms with Crippen molar-refractivity contribution in [1.82, 2.24) is 0 Å². The highest BCUT2D eigenvalue weighted by molar-refractivity contribution is 8.00. The molecule has 1 aliphatic rings. The summed E-state index contributed by atoms with van der Waals surface area (Å²) in [5, 5.41) is -0.0351. The smallest absolute Gasteiger partial charge is 0.337 e. The number of anilines is 1. The van der Waals surface area contributed by atoms with Crippen molar-refractivity contribution >= 4 is 29.3 Å². The summed E-state index contributed by atoms with van der Waals surface area (Å²) in [4.78, 5) is 25.6. The number of hydrogen-bond donors (Lipinski definition) is 0. The van der Waals surface area contributed by atoms with E-state index >= 15 is 0 Å². The number of carbonyl (C=O) groups excluding carboxylic acids is 2. The van der Waals surface area contributed by atoms with Crippen molar-refractivity contribution in [3.05, 3.63) is 65.2 Å². The largest absolute Gasteiger partial charge is 0.465 e. The molecule has 1 fully saturated rings. The minimum atomic E-state index is -0.381. The molecule has 2 aromatic carbocycles. The Morgan fingerprint density at radius 3 is 2.39 bits per heavy atom. The number of nitrogens with zero attached hydrogens (tertiary/aromatic N) is 1. The molecule has 1 unspecified atom stereocenters. The maximum atomic E-state index is 12.3. The van der Waals surface area contributed by atoms with Gasteiger partial charge < -0.3 is 4.74 Å². The summed E-state index contributed by atoms with van der Waals surface area (Å²) >= 11 is 1.61. The van der Waals surface area contributed by atoms with Crippen LogP contribution < -0.4 is 4.90 Å². The average molecular weight is 327 g/mol. The summed E-state index contributed by atoms with van der Waals surface area (Å²) < 4.78 is 4.70. The zero-order valence-corrected chi connectivity index (χ0v) is 13.8. The molecular formula is C18H17NO3S. The van der Waals surface area contributed by atoms with Gasteiger partial charge in [-0.25, -0.2) is 4.79 Å². The van der Waals surface area contributed by atoms with E-state index in [1.54, 1.807) is 40.9 Å². The minimum Gasteiger partial charge on any atom is -0.465 e. The lowest BCUT2D eigenvalue weighted by atomic mass is 10.1. The topological polar surface area (TPSA) is 46.6 Å². The molecule has 5 heteroatoms. The number of carbonyl (C=O) groups is 2. The van der Waals surface area contributed by atoms with Crippen LogP contribution in [0.2, 0.25) is 0 Å². The van der Waals surface area contributed by atoms with Gasteiger partial charge in [0.1, 0.15) is 5.37 Å². The van der Waals surface area contributed by atoms with Crippen molar-refractivity contribution in [1.29, 1.82) is 0 Å². The van der Waals surface area contributed by atoms with E-state index in [4.69, 9.17) is 4.74 Å². The molecule has 1 atom stereocenters. The molecule has 3 rings (SSSR count). The molecule has 23 heavy (non-hydrogen) atoms. The summed E-state index contributed by atoms with van der Waals surface area (Å²) in [6.45, 7) is 2.04. The first kappa shape index (κ1) is 15.6. The predicted molar refractivity (Wildman–Crippen MR) is 91.6 cm³/mol. The first-order chi connectivity index (χ1) is 11.1. The van der Waals surface area contributed by atoms with Gasteiger partial charge in [0.15, 0.2) is 0 Å². The van der Waals surface area contributed by atoms with E-state index < -0.39 is 0 Å². The first-order valence-corrected chi connectivity index (χ1v) is 8.33. The summed E-state index contributed by atoms with van der Waals surface area (Å²) in [5.74, 6) is 0.150. The van der Waals surface area contributed by atoms with Crippen LogP contribution in [0.1, 0.15) is 26.9 Å². The molecule has 0 saturated carbocycles. The van der Waals surface area contributed by atoms with Gasteiger partial charge in [-0.15, -0.1) is 11.8 Å². The number of amides is 1. The fourth-order valence-electron chi connectivity index (χ4n) is 2.56. The number of thioether (sulfide) groups is 1. The van der Waals surface area contributed by atoms with Gasteiger partial charge in [0.25, 0.3) is 0 Å². The Kier molecular flexibility index (Phi) is 4.39. The normalized spacial score (nSPS) is 17.4. The molecule has 0 spiro atoms. The third kappa shape index (κ3) is 3.10. The van der Waals surface area contributed by atoms with Gasteiger partial charge in [0, 0.05) is 5.69 Å². The zero-order chi connectivity index (χ0) is 16.4. The van der Waals surface area contributed by atoms with Gasteiger partial charge in [-0.2, -0.15) is 0 Å². The predicted octanol–water partition coefficient (Wildman–Crippen LogP) is 3.56. The van der Waals surface area contributed by atoms with Crippen LogP contribution in [-0.4, -0.2) is 24.7 Å². The van der Waals surface area contributed by atoms with Gasteiger partial charge in [-0.1, -0.05) is 29.8 Å². The van der Waals surface area contributed by atoms with Gasteiger partial charge in [0.05, 0.1) is 18.4 Å². The second-order valence-corrected chi connectivity index (χ2v) is 6.44. The number of esters is 1. The zero-order valence-electron chi connectivity index (χ0n) is 13.0. The van der Waals surface area contributed by atoms with E-state index in [2.05, 4.69) is 24.3 Å². The second-order valence-electron chi connectivity index (χ2n) is 5.38. The Hall–Kier alpha value is -2.27.